The summed E-state index contributed by atoms with van der Waals surface area (Å²) in [5, 5.41) is 0.444. The van der Waals surface area contributed by atoms with Gasteiger partial charge < -0.3 is 0 Å². The Morgan fingerprint density at radius 2 is 1.72 bits per heavy atom. The van der Waals surface area contributed by atoms with Crippen molar-refractivity contribution in [1.29, 1.82) is 0 Å². The first-order valence-corrected chi connectivity index (χ1v) is 9.52. The fraction of sp³-hybridized carbons (Fsp3) is 0.278. The van der Waals surface area contributed by atoms with Crippen molar-refractivity contribution in [2.45, 2.75) is 32.6 Å². The Morgan fingerprint density at radius 1 is 1.12 bits per heavy atom. The highest BCUT2D eigenvalue weighted by atomic mass is 35.5. The van der Waals surface area contributed by atoms with Crippen LogP contribution in [0.5, 0.6) is 0 Å². The van der Waals surface area contributed by atoms with Crippen LogP contribution in [0.15, 0.2) is 61.8 Å². The Bertz CT molecular complexity index is 922. The van der Waals surface area contributed by atoms with Crippen molar-refractivity contribution in [3.05, 3.63) is 52.6 Å². The molecule has 1 aliphatic carbocycles. The summed E-state index contributed by atoms with van der Waals surface area (Å²) in [4.78, 5) is 16.2. The number of benzene rings is 1. The van der Waals surface area contributed by atoms with Gasteiger partial charge in [-0.05, 0) is 67.3 Å². The van der Waals surface area contributed by atoms with Crippen LogP contribution in [0.2, 0.25) is 5.02 Å². The van der Waals surface area contributed by atoms with Gasteiger partial charge in [-0.25, -0.2) is 4.99 Å². The first kappa shape index (κ1) is 19.3. The molecular weight excluding hydrogens is 360 g/mol. The zero-order valence-corrected chi connectivity index (χ0v) is 16.0. The number of sulfonamides is 1. The molecule has 0 saturated heterocycles. The highest BCUT2D eigenvalue weighted by Gasteiger charge is 2.19. The predicted octanol–water partition coefficient (Wildman–Crippen LogP) is 4.00. The molecule has 0 bridgehead atoms. The van der Waals surface area contributed by atoms with Gasteiger partial charge in [0, 0.05) is 5.02 Å². The molecule has 0 atom stereocenters. The van der Waals surface area contributed by atoms with E-state index >= 15 is 0 Å². The quantitative estimate of drug-likeness (QED) is 0.453. The summed E-state index contributed by atoms with van der Waals surface area (Å²) in [5.74, 6) is 0.105. The minimum Gasteiger partial charge on any atom is -0.290 e. The summed E-state index contributed by atoms with van der Waals surface area (Å²) in [7, 11) is -3.87. The number of rotatable bonds is 3. The number of allylic oxidation sites excluding steroid dienone is 4. The van der Waals surface area contributed by atoms with Crippen molar-refractivity contribution in [2.24, 2.45) is 15.3 Å². The maximum Gasteiger partial charge on any atom is 0.283 e. The van der Waals surface area contributed by atoms with Gasteiger partial charge in [-0.15, -0.1) is 4.40 Å². The van der Waals surface area contributed by atoms with Crippen LogP contribution in [0, 0.1) is 5.92 Å². The maximum atomic E-state index is 12.3. The van der Waals surface area contributed by atoms with E-state index in [1.807, 2.05) is 13.8 Å². The lowest BCUT2D eigenvalue weighted by Crippen LogP contribution is -2.17. The number of halogens is 1. The van der Waals surface area contributed by atoms with E-state index in [0.29, 0.717) is 16.3 Å². The molecule has 1 aliphatic rings. The van der Waals surface area contributed by atoms with Crippen molar-refractivity contribution in [2.75, 3.05) is 0 Å². The molecule has 0 unspecified atom stereocenters. The van der Waals surface area contributed by atoms with Crippen molar-refractivity contribution < 1.29 is 13.2 Å². The van der Waals surface area contributed by atoms with Crippen LogP contribution in [0.25, 0.3) is 0 Å². The molecule has 7 heteroatoms. The van der Waals surface area contributed by atoms with E-state index in [-0.39, 0.29) is 22.4 Å². The van der Waals surface area contributed by atoms with E-state index in [1.54, 1.807) is 19.1 Å². The molecule has 0 fully saturated rings. The fourth-order valence-electron chi connectivity index (χ4n) is 2.28. The van der Waals surface area contributed by atoms with Gasteiger partial charge in [0.2, 0.25) is 0 Å². The summed E-state index contributed by atoms with van der Waals surface area (Å²) in [6.07, 6.45) is 3.20. The Morgan fingerprint density at radius 3 is 2.28 bits per heavy atom. The second kappa shape index (κ2) is 7.45. The Kier molecular flexibility index (Phi) is 5.75. The van der Waals surface area contributed by atoms with Crippen LogP contribution >= 0.6 is 11.6 Å². The number of ketones is 1. The topological polar surface area (TPSA) is 75.9 Å². The minimum absolute atomic E-state index is 0.0432. The van der Waals surface area contributed by atoms with E-state index in [4.69, 9.17) is 11.6 Å². The average molecular weight is 379 g/mol. The molecule has 132 valence electrons. The molecule has 0 saturated carbocycles. The highest BCUT2D eigenvalue weighted by Crippen LogP contribution is 2.21. The lowest BCUT2D eigenvalue weighted by atomic mass is 9.90. The SMILES string of the molecule is CC1=CC(=N/C(C)=N\S(=O)(=O)c2ccc(Cl)cc2)C(C(C)C)=CC1=O. The van der Waals surface area contributed by atoms with Gasteiger partial charge in [-0.2, -0.15) is 8.42 Å². The molecule has 0 spiro atoms. The van der Waals surface area contributed by atoms with Gasteiger partial charge in [0.15, 0.2) is 5.78 Å². The monoisotopic (exact) mass is 378 g/mol. The summed E-state index contributed by atoms with van der Waals surface area (Å²) in [6, 6.07) is 5.77. The van der Waals surface area contributed by atoms with Crippen LogP contribution in [0.3, 0.4) is 0 Å². The van der Waals surface area contributed by atoms with Crippen LogP contribution in [-0.2, 0) is 14.8 Å². The normalized spacial score (nSPS) is 17.8. The molecule has 0 amide bonds. The first-order valence-electron chi connectivity index (χ1n) is 7.70. The molecule has 1 aromatic rings. The molecule has 0 aromatic heterocycles. The van der Waals surface area contributed by atoms with E-state index in [9.17, 15) is 13.2 Å². The number of amidine groups is 1. The number of hydrogen-bond donors (Lipinski definition) is 0. The number of aliphatic imine (C=N–C) groups is 1. The summed E-state index contributed by atoms with van der Waals surface area (Å²) in [5.41, 5.74) is 1.87. The molecule has 2 rings (SSSR count). The van der Waals surface area contributed by atoms with Gasteiger partial charge in [-0.1, -0.05) is 25.4 Å². The third kappa shape index (κ3) is 4.74. The number of hydrogen-bond acceptors (Lipinski definition) is 3. The second-order valence-electron chi connectivity index (χ2n) is 6.01. The van der Waals surface area contributed by atoms with E-state index < -0.39 is 10.0 Å². The third-order valence-electron chi connectivity index (χ3n) is 3.59. The lowest BCUT2D eigenvalue weighted by molar-refractivity contribution is -0.111. The van der Waals surface area contributed by atoms with Crippen molar-refractivity contribution in [3.8, 4) is 0 Å². The summed E-state index contributed by atoms with van der Waals surface area (Å²) >= 11 is 5.77. The molecule has 25 heavy (non-hydrogen) atoms. The third-order valence-corrected chi connectivity index (χ3v) is 5.22. The van der Waals surface area contributed by atoms with Crippen LogP contribution in [-0.4, -0.2) is 25.7 Å². The Labute approximate surface area is 152 Å². The predicted molar refractivity (Wildman–Crippen MR) is 101 cm³/mol. The smallest absolute Gasteiger partial charge is 0.283 e. The van der Waals surface area contributed by atoms with Crippen LogP contribution in [0.4, 0.5) is 0 Å². The summed E-state index contributed by atoms with van der Waals surface area (Å²) in [6.45, 7) is 7.10. The van der Waals surface area contributed by atoms with Gasteiger partial charge in [0.25, 0.3) is 10.0 Å². The average Bonchev–Trinajstić information content (AvgIpc) is 2.50. The van der Waals surface area contributed by atoms with Gasteiger partial charge in [0.1, 0.15) is 5.84 Å². The second-order valence-corrected chi connectivity index (χ2v) is 8.05. The number of carbonyl (C=O) groups is 1. The fourth-order valence-corrected chi connectivity index (χ4v) is 3.38. The van der Waals surface area contributed by atoms with E-state index in [2.05, 4.69) is 9.39 Å². The van der Waals surface area contributed by atoms with E-state index in [1.165, 1.54) is 31.2 Å². The molecule has 0 aliphatic heterocycles. The highest BCUT2D eigenvalue weighted by molar-refractivity contribution is 7.90. The van der Waals surface area contributed by atoms with Crippen molar-refractivity contribution in [1.82, 2.24) is 0 Å². The largest absolute Gasteiger partial charge is 0.290 e. The van der Waals surface area contributed by atoms with Crippen LogP contribution in [0.1, 0.15) is 27.7 Å². The molecular formula is C18H19ClN2O3S. The lowest BCUT2D eigenvalue weighted by Gasteiger charge is -2.16. The maximum absolute atomic E-state index is 12.3. The molecule has 0 N–H and O–H groups in total. The zero-order valence-electron chi connectivity index (χ0n) is 14.4. The minimum atomic E-state index is -3.87. The Hall–Kier alpha value is -2.05. The first-order chi connectivity index (χ1) is 11.6. The van der Waals surface area contributed by atoms with Gasteiger partial charge in [-0.3, -0.25) is 4.79 Å². The molecule has 5 nitrogen and oxygen atoms in total. The Balaban J connectivity index is 2.42. The van der Waals surface area contributed by atoms with Crippen molar-refractivity contribution >= 4 is 39.0 Å². The van der Waals surface area contributed by atoms with Gasteiger partial charge in [0.05, 0.1) is 10.6 Å². The number of nitrogens with zero attached hydrogens (tertiary/aromatic N) is 2. The molecule has 0 radical (unpaired) electrons. The molecule has 1 aromatic carbocycles. The van der Waals surface area contributed by atoms with Crippen LogP contribution < -0.4 is 0 Å². The van der Waals surface area contributed by atoms with Crippen molar-refractivity contribution in [3.63, 3.8) is 0 Å². The summed E-state index contributed by atoms with van der Waals surface area (Å²) < 4.78 is 28.4. The van der Waals surface area contributed by atoms with E-state index in [0.717, 1.165) is 5.57 Å². The van der Waals surface area contributed by atoms with Gasteiger partial charge >= 0.3 is 0 Å². The zero-order chi connectivity index (χ0) is 18.8. The molecule has 0 heterocycles. The number of carbonyl (C=O) groups excluding carboxylic acids is 1. The standard InChI is InChI=1S/C18H19ClN2O3S/c1-11(2)16-10-18(22)12(3)9-17(16)20-13(4)21-25(23,24)15-7-5-14(19)6-8-15/h5-11H,1-4H3/b20-17?,21-13-.